The first-order chi connectivity index (χ1) is 10.4. The summed E-state index contributed by atoms with van der Waals surface area (Å²) in [4.78, 5) is 25.3. The Hall–Kier alpha value is -2.85. The van der Waals surface area contributed by atoms with Gasteiger partial charge < -0.3 is 14.9 Å². The van der Waals surface area contributed by atoms with Crippen LogP contribution in [0.25, 0.3) is 5.82 Å². The van der Waals surface area contributed by atoms with Gasteiger partial charge in [-0.25, -0.2) is 18.3 Å². The zero-order valence-corrected chi connectivity index (χ0v) is 11.6. The Morgan fingerprint density at radius 1 is 1.55 bits per heavy atom. The lowest BCUT2D eigenvalue weighted by Gasteiger charge is -2.08. The van der Waals surface area contributed by atoms with Crippen LogP contribution in [-0.4, -0.2) is 36.8 Å². The van der Waals surface area contributed by atoms with Crippen molar-refractivity contribution >= 4 is 11.8 Å². The summed E-state index contributed by atoms with van der Waals surface area (Å²) in [7, 11) is 1.39. The van der Waals surface area contributed by atoms with E-state index in [-0.39, 0.29) is 12.4 Å². The van der Waals surface area contributed by atoms with Gasteiger partial charge in [0.15, 0.2) is 0 Å². The molecule has 0 saturated carbocycles. The van der Waals surface area contributed by atoms with E-state index < -0.39 is 34.4 Å². The Kier molecular flexibility index (Phi) is 4.15. The minimum atomic E-state index is -3.09. The van der Waals surface area contributed by atoms with Crippen LogP contribution in [0, 0.1) is 10.1 Å². The molecule has 0 fully saturated rings. The number of nitro groups is 1. The molecule has 0 bridgehead atoms. The van der Waals surface area contributed by atoms with E-state index in [0.717, 1.165) is 17.1 Å². The van der Waals surface area contributed by atoms with Crippen LogP contribution < -0.4 is 0 Å². The highest BCUT2D eigenvalue weighted by Crippen LogP contribution is 2.29. The Labute approximate surface area is 122 Å². The molecule has 0 amide bonds. The average Bonchev–Trinajstić information content (AvgIpc) is 3.01. The van der Waals surface area contributed by atoms with Crippen molar-refractivity contribution in [1.82, 2.24) is 19.3 Å². The van der Waals surface area contributed by atoms with Gasteiger partial charge in [-0.1, -0.05) is 0 Å². The summed E-state index contributed by atoms with van der Waals surface area (Å²) in [6.45, 7) is 1.52. The third kappa shape index (κ3) is 2.52. The topological polar surface area (TPSA) is 105 Å². The van der Waals surface area contributed by atoms with Gasteiger partial charge in [0.05, 0.1) is 12.8 Å². The number of esters is 1. The Morgan fingerprint density at radius 2 is 2.23 bits per heavy atom. The van der Waals surface area contributed by atoms with Crippen molar-refractivity contribution < 1.29 is 23.2 Å². The van der Waals surface area contributed by atoms with Crippen LogP contribution in [0.3, 0.4) is 0 Å². The van der Waals surface area contributed by atoms with Gasteiger partial charge in [-0.2, -0.15) is 5.10 Å². The van der Waals surface area contributed by atoms with Crippen molar-refractivity contribution in [2.45, 2.75) is 13.3 Å². The predicted molar refractivity (Wildman–Crippen MR) is 67.9 cm³/mol. The number of aromatic nitrogens is 4. The molecule has 0 N–H and O–H groups in total. The van der Waals surface area contributed by atoms with Crippen molar-refractivity contribution in [3.63, 3.8) is 0 Å². The molecule has 2 aromatic heterocycles. The average molecular weight is 315 g/mol. The third-order valence-electron chi connectivity index (χ3n) is 2.77. The van der Waals surface area contributed by atoms with Crippen LogP contribution in [0.4, 0.5) is 14.6 Å². The lowest BCUT2D eigenvalue weighted by molar-refractivity contribution is -0.389. The molecule has 9 nitrogen and oxygen atoms in total. The molecule has 0 radical (unpaired) electrons. The first-order valence-corrected chi connectivity index (χ1v) is 6.07. The number of nitrogens with zero attached hydrogens (tertiary/aromatic N) is 5. The van der Waals surface area contributed by atoms with E-state index in [1.54, 1.807) is 0 Å². The number of hydrogen-bond acceptors (Lipinski definition) is 6. The maximum Gasteiger partial charge on any atom is 0.408 e. The van der Waals surface area contributed by atoms with Crippen molar-refractivity contribution in [3.8, 4) is 5.82 Å². The molecule has 0 spiro atoms. The summed E-state index contributed by atoms with van der Waals surface area (Å²) < 4.78 is 33.1. The number of aryl methyl sites for hydroxylation is 1. The quantitative estimate of drug-likeness (QED) is 0.472. The molecular formula is C11H11F2N5O4. The second kappa shape index (κ2) is 5.87. The molecule has 2 aromatic rings. The van der Waals surface area contributed by atoms with Gasteiger partial charge in [0.25, 0.3) is 6.43 Å². The summed E-state index contributed by atoms with van der Waals surface area (Å²) in [6.07, 6.45) is -1.11. The highest BCUT2D eigenvalue weighted by atomic mass is 19.3. The predicted octanol–water partition coefficient (Wildman–Crippen LogP) is 1.63. The summed E-state index contributed by atoms with van der Waals surface area (Å²) >= 11 is 0. The van der Waals surface area contributed by atoms with Crippen LogP contribution in [0.15, 0.2) is 12.5 Å². The Bertz CT molecular complexity index is 724. The maximum atomic E-state index is 13.3. The summed E-state index contributed by atoms with van der Waals surface area (Å²) in [5.41, 5.74) is -1.24. The van der Waals surface area contributed by atoms with Crippen molar-refractivity contribution in [1.29, 1.82) is 0 Å². The number of rotatable bonds is 5. The van der Waals surface area contributed by atoms with E-state index >= 15 is 0 Å². The lowest BCUT2D eigenvalue weighted by atomic mass is 10.2. The SMILES string of the molecule is CCOC(=O)c1cnn(-c2c([N+](=O)[O-])ncn2C)c1C(F)F. The Balaban J connectivity index is 2.65. The van der Waals surface area contributed by atoms with Crippen LogP contribution in [0.2, 0.25) is 0 Å². The molecular weight excluding hydrogens is 304 g/mol. The highest BCUT2D eigenvalue weighted by Gasteiger charge is 2.31. The van der Waals surface area contributed by atoms with E-state index in [1.165, 1.54) is 14.0 Å². The molecule has 11 heteroatoms. The molecule has 22 heavy (non-hydrogen) atoms. The van der Waals surface area contributed by atoms with Gasteiger partial charge in [0.1, 0.15) is 11.3 Å². The van der Waals surface area contributed by atoms with E-state index in [4.69, 9.17) is 0 Å². The van der Waals surface area contributed by atoms with Gasteiger partial charge in [-0.05, 0) is 16.8 Å². The number of alkyl halides is 2. The number of ether oxygens (including phenoxy) is 1. The number of carbonyl (C=O) groups excluding carboxylic acids is 1. The fourth-order valence-corrected chi connectivity index (χ4v) is 1.89. The summed E-state index contributed by atoms with van der Waals surface area (Å²) in [6, 6.07) is 0. The van der Waals surface area contributed by atoms with Crippen molar-refractivity contribution in [2.24, 2.45) is 7.05 Å². The van der Waals surface area contributed by atoms with Crippen LogP contribution >= 0.6 is 0 Å². The first kappa shape index (κ1) is 15.5. The standard InChI is InChI=1S/C11H11F2N5O4/c1-3-22-11(19)6-4-15-17(7(6)8(12)13)10-9(18(20)21)14-5-16(10)2/h4-5,8H,3H2,1-2H3. The van der Waals surface area contributed by atoms with E-state index in [1.807, 2.05) is 0 Å². The number of hydrogen-bond donors (Lipinski definition) is 0. The normalized spacial score (nSPS) is 11.0. The number of imidazole rings is 1. The lowest BCUT2D eigenvalue weighted by Crippen LogP contribution is -2.13. The number of halogens is 2. The molecule has 0 aliphatic carbocycles. The fourth-order valence-electron chi connectivity index (χ4n) is 1.89. The molecule has 0 aromatic carbocycles. The van der Waals surface area contributed by atoms with Gasteiger partial charge in [0, 0.05) is 7.05 Å². The maximum absolute atomic E-state index is 13.3. The van der Waals surface area contributed by atoms with Gasteiger partial charge in [0.2, 0.25) is 12.1 Å². The minimum Gasteiger partial charge on any atom is -0.462 e. The van der Waals surface area contributed by atoms with Gasteiger partial charge in [-0.15, -0.1) is 0 Å². The minimum absolute atomic E-state index is 0.00144. The van der Waals surface area contributed by atoms with Crippen molar-refractivity contribution in [3.05, 3.63) is 33.9 Å². The molecule has 2 rings (SSSR count). The summed E-state index contributed by atoms with van der Waals surface area (Å²) in [5.74, 6) is -1.91. The number of carbonyl (C=O) groups is 1. The molecule has 0 aliphatic heterocycles. The zero-order valence-electron chi connectivity index (χ0n) is 11.6. The van der Waals surface area contributed by atoms with Crippen LogP contribution in [0.1, 0.15) is 29.4 Å². The summed E-state index contributed by atoms with van der Waals surface area (Å²) in [5, 5.41) is 14.6. The molecule has 0 atom stereocenters. The van der Waals surface area contributed by atoms with Crippen LogP contribution in [-0.2, 0) is 11.8 Å². The molecule has 2 heterocycles. The highest BCUT2D eigenvalue weighted by molar-refractivity contribution is 5.90. The first-order valence-electron chi connectivity index (χ1n) is 6.07. The Morgan fingerprint density at radius 3 is 2.77 bits per heavy atom. The zero-order chi connectivity index (χ0) is 16.4. The smallest absolute Gasteiger partial charge is 0.408 e. The van der Waals surface area contributed by atoms with Crippen LogP contribution in [0.5, 0.6) is 0 Å². The second-order valence-corrected chi connectivity index (χ2v) is 4.14. The largest absolute Gasteiger partial charge is 0.462 e. The molecule has 0 saturated heterocycles. The monoisotopic (exact) mass is 315 g/mol. The van der Waals surface area contributed by atoms with E-state index in [2.05, 4.69) is 14.8 Å². The fraction of sp³-hybridized carbons (Fsp3) is 0.364. The molecule has 0 aliphatic rings. The van der Waals surface area contributed by atoms with Gasteiger partial charge in [-0.3, -0.25) is 4.57 Å². The van der Waals surface area contributed by atoms with E-state index in [9.17, 15) is 23.7 Å². The van der Waals surface area contributed by atoms with Crippen molar-refractivity contribution in [2.75, 3.05) is 6.61 Å². The third-order valence-corrected chi connectivity index (χ3v) is 2.77. The molecule has 0 unspecified atom stereocenters. The van der Waals surface area contributed by atoms with Gasteiger partial charge >= 0.3 is 11.8 Å². The molecule has 118 valence electrons. The van der Waals surface area contributed by atoms with E-state index in [0.29, 0.717) is 4.68 Å². The second-order valence-electron chi connectivity index (χ2n) is 4.14.